The van der Waals surface area contributed by atoms with Crippen molar-refractivity contribution < 1.29 is 5.11 Å². The van der Waals surface area contributed by atoms with Crippen LogP contribution < -0.4 is 0 Å². The molecule has 3 rings (SSSR count). The maximum Gasteiger partial charge on any atom is 0.0704 e. The highest BCUT2D eigenvalue weighted by atomic mass is 16.3. The number of rotatable bonds is 2. The molecule has 1 aromatic carbocycles. The van der Waals surface area contributed by atoms with Gasteiger partial charge >= 0.3 is 0 Å². The number of benzene rings is 1. The number of para-hydroxylation sites is 1. The van der Waals surface area contributed by atoms with Crippen molar-refractivity contribution in [1.29, 1.82) is 0 Å². The predicted octanol–water partition coefficient (Wildman–Crippen LogP) is 2.65. The van der Waals surface area contributed by atoms with Gasteiger partial charge in [0.25, 0.3) is 0 Å². The highest BCUT2D eigenvalue weighted by Gasteiger charge is 2.39. The smallest absolute Gasteiger partial charge is 0.0704 e. The second-order valence-electron chi connectivity index (χ2n) is 4.67. The fourth-order valence-electron chi connectivity index (χ4n) is 2.67. The average molecular weight is 213 g/mol. The van der Waals surface area contributed by atoms with Gasteiger partial charge in [-0.05, 0) is 30.5 Å². The van der Waals surface area contributed by atoms with Crippen LogP contribution in [0.4, 0.5) is 0 Å². The summed E-state index contributed by atoms with van der Waals surface area (Å²) in [6, 6.07) is 10.2. The Labute approximate surface area is 94.9 Å². The summed E-state index contributed by atoms with van der Waals surface area (Å²) in [4.78, 5) is 4.37. The van der Waals surface area contributed by atoms with Crippen LogP contribution >= 0.6 is 0 Å². The molecule has 1 heterocycles. The summed E-state index contributed by atoms with van der Waals surface area (Å²) >= 11 is 0. The van der Waals surface area contributed by atoms with Gasteiger partial charge in [0.15, 0.2) is 0 Å². The van der Waals surface area contributed by atoms with Gasteiger partial charge in [-0.2, -0.15) is 0 Å². The first kappa shape index (κ1) is 9.79. The fraction of sp³-hybridized carbons (Fsp3) is 0.357. The van der Waals surface area contributed by atoms with Gasteiger partial charge in [-0.15, -0.1) is 0 Å². The fourth-order valence-corrected chi connectivity index (χ4v) is 2.67. The number of nitrogens with zero attached hydrogens (tertiary/aromatic N) is 1. The van der Waals surface area contributed by atoms with E-state index >= 15 is 0 Å². The highest BCUT2D eigenvalue weighted by Crippen LogP contribution is 2.45. The molecule has 2 heteroatoms. The van der Waals surface area contributed by atoms with Crippen LogP contribution in [0.2, 0.25) is 0 Å². The molecule has 0 spiro atoms. The molecule has 82 valence electrons. The molecule has 16 heavy (non-hydrogen) atoms. The lowest BCUT2D eigenvalue weighted by Crippen LogP contribution is -2.38. The van der Waals surface area contributed by atoms with Gasteiger partial charge in [-0.3, -0.25) is 4.98 Å². The van der Waals surface area contributed by atoms with Crippen LogP contribution in [0.15, 0.2) is 36.5 Å². The Bertz CT molecular complexity index is 506. The van der Waals surface area contributed by atoms with Gasteiger partial charge < -0.3 is 5.11 Å². The molecule has 0 saturated heterocycles. The largest absolute Gasteiger partial charge is 0.395 e. The predicted molar refractivity (Wildman–Crippen MR) is 64.4 cm³/mol. The first-order valence-electron chi connectivity index (χ1n) is 5.81. The van der Waals surface area contributed by atoms with Crippen LogP contribution in [0.3, 0.4) is 0 Å². The number of hydrogen-bond donors (Lipinski definition) is 1. The maximum atomic E-state index is 9.63. The molecule has 0 atom stereocenters. The van der Waals surface area contributed by atoms with E-state index in [1.54, 1.807) is 0 Å². The zero-order valence-corrected chi connectivity index (χ0v) is 9.19. The lowest BCUT2D eigenvalue weighted by atomic mass is 9.64. The summed E-state index contributed by atoms with van der Waals surface area (Å²) in [6.07, 6.45) is 5.26. The second kappa shape index (κ2) is 3.56. The normalized spacial score (nSPS) is 18.3. The van der Waals surface area contributed by atoms with Gasteiger partial charge in [0.2, 0.25) is 0 Å². The van der Waals surface area contributed by atoms with Gasteiger partial charge in [-0.1, -0.05) is 24.6 Å². The number of aromatic nitrogens is 1. The average Bonchev–Trinajstić information content (AvgIpc) is 2.29. The third-order valence-corrected chi connectivity index (χ3v) is 3.83. The number of aliphatic hydroxyl groups is 1. The van der Waals surface area contributed by atoms with Gasteiger partial charge in [0, 0.05) is 17.0 Å². The molecule has 0 amide bonds. The Morgan fingerprint density at radius 3 is 2.69 bits per heavy atom. The van der Waals surface area contributed by atoms with Crippen LogP contribution in [0.5, 0.6) is 0 Å². The first-order valence-corrected chi connectivity index (χ1v) is 5.81. The number of pyridine rings is 1. The summed E-state index contributed by atoms with van der Waals surface area (Å²) in [5, 5.41) is 10.8. The van der Waals surface area contributed by atoms with Gasteiger partial charge in [0.1, 0.15) is 0 Å². The molecule has 0 radical (unpaired) electrons. The van der Waals surface area contributed by atoms with Crippen LogP contribution in [-0.4, -0.2) is 16.7 Å². The highest BCUT2D eigenvalue weighted by molar-refractivity contribution is 5.83. The van der Waals surface area contributed by atoms with Crippen molar-refractivity contribution in [2.45, 2.75) is 24.7 Å². The quantitative estimate of drug-likeness (QED) is 0.832. The topological polar surface area (TPSA) is 33.1 Å². The molecule has 2 nitrogen and oxygen atoms in total. The SMILES string of the molecule is OCC1(c2ccnc3ccccc23)CCC1. The summed E-state index contributed by atoms with van der Waals surface area (Å²) in [6.45, 7) is 0.251. The van der Waals surface area contributed by atoms with Crippen LogP contribution in [0.1, 0.15) is 24.8 Å². The van der Waals surface area contributed by atoms with Crippen molar-refractivity contribution in [3.63, 3.8) is 0 Å². The lowest BCUT2D eigenvalue weighted by Gasteiger charge is -2.41. The van der Waals surface area contributed by atoms with E-state index in [-0.39, 0.29) is 12.0 Å². The van der Waals surface area contributed by atoms with E-state index < -0.39 is 0 Å². The molecule has 2 aromatic rings. The summed E-state index contributed by atoms with van der Waals surface area (Å²) in [7, 11) is 0. The molecule has 0 bridgehead atoms. The molecule has 0 aliphatic heterocycles. The molecule has 1 fully saturated rings. The summed E-state index contributed by atoms with van der Waals surface area (Å²) in [5.41, 5.74) is 2.30. The third-order valence-electron chi connectivity index (χ3n) is 3.83. The summed E-state index contributed by atoms with van der Waals surface area (Å²) in [5.74, 6) is 0. The Hall–Kier alpha value is -1.41. The zero-order valence-electron chi connectivity index (χ0n) is 9.19. The van der Waals surface area contributed by atoms with E-state index in [1.165, 1.54) is 17.4 Å². The number of hydrogen-bond acceptors (Lipinski definition) is 2. The standard InChI is InChI=1S/C14H15NO/c16-10-14(7-3-8-14)12-6-9-15-13-5-2-1-4-11(12)13/h1-2,4-6,9,16H,3,7-8,10H2. The minimum atomic E-state index is 0.00252. The maximum absolute atomic E-state index is 9.63. The molecule has 1 N–H and O–H groups in total. The number of fused-ring (bicyclic) bond motifs is 1. The minimum Gasteiger partial charge on any atom is -0.395 e. The molecular formula is C14H15NO. The minimum absolute atomic E-state index is 0.00252. The van der Waals surface area contributed by atoms with Crippen molar-refractivity contribution in [3.05, 3.63) is 42.1 Å². The molecular weight excluding hydrogens is 198 g/mol. The monoisotopic (exact) mass is 213 g/mol. The zero-order chi connectivity index (χ0) is 11.0. The van der Waals surface area contributed by atoms with E-state index in [2.05, 4.69) is 17.1 Å². The van der Waals surface area contributed by atoms with Gasteiger partial charge in [0.05, 0.1) is 12.1 Å². The molecule has 1 aliphatic rings. The van der Waals surface area contributed by atoms with E-state index in [9.17, 15) is 5.11 Å². The first-order chi connectivity index (χ1) is 7.86. The Kier molecular flexibility index (Phi) is 2.18. The van der Waals surface area contributed by atoms with Crippen LogP contribution in [-0.2, 0) is 5.41 Å². The lowest BCUT2D eigenvalue weighted by molar-refractivity contribution is 0.121. The van der Waals surface area contributed by atoms with Crippen molar-refractivity contribution in [2.24, 2.45) is 0 Å². The van der Waals surface area contributed by atoms with Crippen LogP contribution in [0.25, 0.3) is 10.9 Å². The molecule has 0 unspecified atom stereocenters. The van der Waals surface area contributed by atoms with Crippen molar-refractivity contribution >= 4 is 10.9 Å². The number of aliphatic hydroxyl groups excluding tert-OH is 1. The molecule has 1 aromatic heterocycles. The van der Waals surface area contributed by atoms with E-state index in [0.29, 0.717) is 0 Å². The van der Waals surface area contributed by atoms with E-state index in [1.807, 2.05) is 24.4 Å². The van der Waals surface area contributed by atoms with E-state index in [4.69, 9.17) is 0 Å². The Balaban J connectivity index is 2.23. The summed E-state index contributed by atoms with van der Waals surface area (Å²) < 4.78 is 0. The van der Waals surface area contributed by atoms with Crippen LogP contribution in [0, 0.1) is 0 Å². The van der Waals surface area contributed by atoms with Crippen molar-refractivity contribution in [1.82, 2.24) is 4.98 Å². The third kappa shape index (κ3) is 1.26. The molecule has 1 aliphatic carbocycles. The molecule has 1 saturated carbocycles. The van der Waals surface area contributed by atoms with Gasteiger partial charge in [-0.25, -0.2) is 0 Å². The van der Waals surface area contributed by atoms with Crippen molar-refractivity contribution in [2.75, 3.05) is 6.61 Å². The second-order valence-corrected chi connectivity index (χ2v) is 4.67. The van der Waals surface area contributed by atoms with E-state index in [0.717, 1.165) is 18.4 Å². The Morgan fingerprint density at radius 1 is 1.19 bits per heavy atom. The van der Waals surface area contributed by atoms with Crippen molar-refractivity contribution in [3.8, 4) is 0 Å². The Morgan fingerprint density at radius 2 is 2.00 bits per heavy atom.